The van der Waals surface area contributed by atoms with Crippen molar-refractivity contribution in [2.75, 3.05) is 7.05 Å². The molecule has 1 fully saturated rings. The second-order valence-corrected chi connectivity index (χ2v) is 3.23. The minimum Gasteiger partial charge on any atom is -0.340 e. The molecule has 0 saturated carbocycles. The molecule has 0 spiro atoms. The summed E-state index contributed by atoms with van der Waals surface area (Å²) in [6.07, 6.45) is 0. The third-order valence-corrected chi connectivity index (χ3v) is 2.33. The predicted molar refractivity (Wildman–Crippen MR) is 52.8 cm³/mol. The molecule has 4 heteroatoms. The third kappa shape index (κ3) is 1.25. The van der Waals surface area contributed by atoms with Crippen molar-refractivity contribution in [3.8, 4) is 0 Å². The van der Waals surface area contributed by atoms with Crippen molar-refractivity contribution in [1.82, 2.24) is 10.2 Å². The Labute approximate surface area is 82.0 Å². The molecule has 1 unspecified atom stereocenters. The molecule has 1 aromatic rings. The molecule has 1 aromatic carbocycles. The molecule has 1 aliphatic heterocycles. The second-order valence-electron chi connectivity index (χ2n) is 3.23. The molecule has 0 bridgehead atoms. The summed E-state index contributed by atoms with van der Waals surface area (Å²) in [6, 6.07) is 9.02. The number of rotatable bonds is 1. The molecule has 14 heavy (non-hydrogen) atoms. The summed E-state index contributed by atoms with van der Waals surface area (Å²) in [5.41, 5.74) is 0.895. The second kappa shape index (κ2) is 3.14. The highest BCUT2D eigenvalue weighted by molar-refractivity contribution is 6.05. The van der Waals surface area contributed by atoms with Crippen molar-refractivity contribution < 1.29 is 4.79 Å². The monoisotopic (exact) mass is 189 g/mol. The van der Waals surface area contributed by atoms with Gasteiger partial charge in [0.05, 0.1) is 0 Å². The van der Waals surface area contributed by atoms with Gasteiger partial charge < -0.3 is 5.32 Å². The van der Waals surface area contributed by atoms with Gasteiger partial charge >= 0.3 is 0 Å². The minimum absolute atomic E-state index is 0.0822. The molecular formula is C10H11N3O. The molecule has 1 amide bonds. The van der Waals surface area contributed by atoms with Gasteiger partial charge in [-0.1, -0.05) is 30.3 Å². The smallest absolute Gasteiger partial charge is 0.256 e. The van der Waals surface area contributed by atoms with Crippen LogP contribution in [0.5, 0.6) is 0 Å². The number of guanidine groups is 1. The van der Waals surface area contributed by atoms with E-state index >= 15 is 0 Å². The Balaban J connectivity index is 2.30. The molecule has 2 N–H and O–H groups in total. The van der Waals surface area contributed by atoms with Crippen LogP contribution in [0.1, 0.15) is 11.6 Å². The largest absolute Gasteiger partial charge is 0.340 e. The van der Waals surface area contributed by atoms with Crippen molar-refractivity contribution in [3.63, 3.8) is 0 Å². The zero-order chi connectivity index (χ0) is 10.1. The van der Waals surface area contributed by atoms with E-state index in [1.807, 2.05) is 30.3 Å². The first kappa shape index (κ1) is 8.74. The summed E-state index contributed by atoms with van der Waals surface area (Å²) < 4.78 is 0. The summed E-state index contributed by atoms with van der Waals surface area (Å²) in [6.45, 7) is 0. The lowest BCUT2D eigenvalue weighted by atomic mass is 10.1. The van der Waals surface area contributed by atoms with Crippen molar-refractivity contribution in [2.24, 2.45) is 0 Å². The zero-order valence-electron chi connectivity index (χ0n) is 7.82. The van der Waals surface area contributed by atoms with Crippen LogP contribution in [-0.2, 0) is 4.79 Å². The lowest BCUT2D eigenvalue weighted by Gasteiger charge is -2.07. The summed E-state index contributed by atoms with van der Waals surface area (Å²) >= 11 is 0. The number of hydrogen-bond donors (Lipinski definition) is 2. The van der Waals surface area contributed by atoms with Gasteiger partial charge in [0, 0.05) is 7.05 Å². The molecule has 1 aliphatic rings. The van der Waals surface area contributed by atoms with Crippen LogP contribution >= 0.6 is 0 Å². The topological polar surface area (TPSA) is 56.2 Å². The molecule has 0 aliphatic carbocycles. The lowest BCUT2D eigenvalue weighted by molar-refractivity contribution is -0.126. The van der Waals surface area contributed by atoms with Gasteiger partial charge in [-0.15, -0.1) is 0 Å². The Morgan fingerprint density at radius 3 is 2.50 bits per heavy atom. The van der Waals surface area contributed by atoms with Crippen molar-refractivity contribution in [3.05, 3.63) is 35.9 Å². The summed E-state index contributed by atoms with van der Waals surface area (Å²) in [5.74, 6) is 0.0741. The number of nitrogens with zero attached hydrogens (tertiary/aromatic N) is 1. The maximum Gasteiger partial charge on any atom is 0.256 e. The highest BCUT2D eigenvalue weighted by Gasteiger charge is 2.33. The first-order valence-corrected chi connectivity index (χ1v) is 4.38. The summed E-state index contributed by atoms with van der Waals surface area (Å²) in [4.78, 5) is 13.0. The van der Waals surface area contributed by atoms with Crippen molar-refractivity contribution >= 4 is 11.9 Å². The van der Waals surface area contributed by atoms with Crippen LogP contribution < -0.4 is 5.32 Å². The van der Waals surface area contributed by atoms with Gasteiger partial charge in [-0.05, 0) is 5.56 Å². The third-order valence-electron chi connectivity index (χ3n) is 2.33. The fourth-order valence-corrected chi connectivity index (χ4v) is 1.47. The molecule has 0 aromatic heterocycles. The van der Waals surface area contributed by atoms with Crippen LogP contribution in [0, 0.1) is 5.41 Å². The van der Waals surface area contributed by atoms with Gasteiger partial charge in [0.25, 0.3) is 5.91 Å². The van der Waals surface area contributed by atoms with Gasteiger partial charge in [0.2, 0.25) is 0 Å². The fraction of sp³-hybridized carbons (Fsp3) is 0.200. The maximum absolute atomic E-state index is 11.6. The number of carbonyl (C=O) groups is 1. The van der Waals surface area contributed by atoms with E-state index in [2.05, 4.69) is 5.32 Å². The van der Waals surface area contributed by atoms with E-state index in [0.717, 1.165) is 5.56 Å². The molecule has 1 saturated heterocycles. The summed E-state index contributed by atoms with van der Waals surface area (Å²) in [5, 5.41) is 10.3. The molecule has 72 valence electrons. The SMILES string of the molecule is CN1C(=N)NC(c2ccccc2)C1=O. The first-order valence-electron chi connectivity index (χ1n) is 4.38. The Hall–Kier alpha value is -1.84. The summed E-state index contributed by atoms with van der Waals surface area (Å²) in [7, 11) is 1.60. The van der Waals surface area contributed by atoms with E-state index in [-0.39, 0.29) is 11.9 Å². The number of likely N-dealkylation sites (N-methyl/N-ethyl adjacent to an activating group) is 1. The Bertz CT molecular complexity index is 374. The van der Waals surface area contributed by atoms with Crippen LogP contribution in [0.2, 0.25) is 0 Å². The van der Waals surface area contributed by atoms with Crippen molar-refractivity contribution in [1.29, 1.82) is 5.41 Å². The lowest BCUT2D eigenvalue weighted by Crippen LogP contribution is -2.26. The van der Waals surface area contributed by atoms with Gasteiger partial charge in [-0.3, -0.25) is 15.1 Å². The predicted octanol–water partition coefficient (Wildman–Crippen LogP) is 0.724. The van der Waals surface area contributed by atoms with E-state index in [1.165, 1.54) is 4.90 Å². The molecule has 2 rings (SSSR count). The average molecular weight is 189 g/mol. The zero-order valence-corrected chi connectivity index (χ0v) is 7.82. The quantitative estimate of drug-likeness (QED) is 0.684. The van der Waals surface area contributed by atoms with E-state index in [1.54, 1.807) is 7.05 Å². The van der Waals surface area contributed by atoms with E-state index in [9.17, 15) is 4.79 Å². The average Bonchev–Trinajstić information content (AvgIpc) is 2.47. The molecular weight excluding hydrogens is 178 g/mol. The van der Waals surface area contributed by atoms with Crippen LogP contribution in [0.25, 0.3) is 0 Å². The van der Waals surface area contributed by atoms with Crippen LogP contribution in [0.4, 0.5) is 0 Å². The van der Waals surface area contributed by atoms with Gasteiger partial charge in [0.15, 0.2) is 5.96 Å². The maximum atomic E-state index is 11.6. The molecule has 0 radical (unpaired) electrons. The van der Waals surface area contributed by atoms with Gasteiger partial charge in [-0.2, -0.15) is 0 Å². The minimum atomic E-state index is -0.395. The number of benzene rings is 1. The van der Waals surface area contributed by atoms with E-state index in [0.29, 0.717) is 0 Å². The van der Waals surface area contributed by atoms with Gasteiger partial charge in [-0.25, -0.2) is 0 Å². The van der Waals surface area contributed by atoms with Crippen LogP contribution in [-0.4, -0.2) is 23.8 Å². The standard InChI is InChI=1S/C10H11N3O/c1-13-9(14)8(12-10(13)11)7-5-3-2-4-6-7/h2-6,8H,1H3,(H2,11,12). The number of amides is 1. The number of carbonyl (C=O) groups excluding carboxylic acids is 1. The van der Waals surface area contributed by atoms with Crippen molar-refractivity contribution in [2.45, 2.75) is 6.04 Å². The number of hydrogen-bond acceptors (Lipinski definition) is 2. The van der Waals surface area contributed by atoms with E-state index < -0.39 is 6.04 Å². The molecule has 4 nitrogen and oxygen atoms in total. The Kier molecular flexibility index (Phi) is 1.96. The Morgan fingerprint density at radius 2 is 2.00 bits per heavy atom. The fourth-order valence-electron chi connectivity index (χ4n) is 1.47. The first-order chi connectivity index (χ1) is 6.70. The van der Waals surface area contributed by atoms with Crippen LogP contribution in [0.15, 0.2) is 30.3 Å². The molecule has 1 atom stereocenters. The van der Waals surface area contributed by atoms with E-state index in [4.69, 9.17) is 5.41 Å². The normalized spacial score (nSPS) is 21.2. The number of nitrogens with one attached hydrogen (secondary N) is 2. The Morgan fingerprint density at radius 1 is 1.36 bits per heavy atom. The van der Waals surface area contributed by atoms with Gasteiger partial charge in [0.1, 0.15) is 6.04 Å². The molecule has 1 heterocycles. The highest BCUT2D eigenvalue weighted by atomic mass is 16.2. The highest BCUT2D eigenvalue weighted by Crippen LogP contribution is 2.19. The van der Waals surface area contributed by atoms with Crippen LogP contribution in [0.3, 0.4) is 0 Å².